The van der Waals surface area contributed by atoms with Crippen LogP contribution in [0.5, 0.6) is 17.2 Å². The standard InChI is InChI=1S/C23H24O10/c1-3-6-12-9-10-15(16(11-12)30-2)31-22(29)13-7-4-5-8-14(13)32-23-19(26)17(24)18(25)20(33-23)21(27)28/h3-5,7-11,17-20,23-26H,1,6H2,2H3,(H,27,28). The van der Waals surface area contributed by atoms with Gasteiger partial charge in [0.1, 0.15) is 29.6 Å². The van der Waals surface area contributed by atoms with Crippen LogP contribution in [0.4, 0.5) is 0 Å². The number of hydrogen-bond acceptors (Lipinski definition) is 9. The monoisotopic (exact) mass is 460 g/mol. The maximum atomic E-state index is 12.9. The van der Waals surface area contributed by atoms with Crippen molar-refractivity contribution in [2.24, 2.45) is 0 Å². The molecule has 1 heterocycles. The van der Waals surface area contributed by atoms with Gasteiger partial charge in [-0.25, -0.2) is 9.59 Å². The number of para-hydroxylation sites is 1. The average molecular weight is 460 g/mol. The molecule has 0 aliphatic carbocycles. The highest BCUT2D eigenvalue weighted by atomic mass is 16.7. The number of ether oxygens (including phenoxy) is 4. The summed E-state index contributed by atoms with van der Waals surface area (Å²) in [7, 11) is 1.43. The van der Waals surface area contributed by atoms with Gasteiger partial charge in [0.25, 0.3) is 0 Å². The molecule has 176 valence electrons. The molecule has 3 rings (SSSR count). The maximum absolute atomic E-state index is 12.9. The van der Waals surface area contributed by atoms with Crippen LogP contribution in [0.15, 0.2) is 55.1 Å². The van der Waals surface area contributed by atoms with Crippen LogP contribution in [0.2, 0.25) is 0 Å². The lowest BCUT2D eigenvalue weighted by Gasteiger charge is -2.38. The molecule has 0 saturated carbocycles. The minimum absolute atomic E-state index is 0.0574. The third kappa shape index (κ3) is 5.32. The van der Waals surface area contributed by atoms with Gasteiger partial charge in [0, 0.05) is 0 Å². The molecule has 1 fully saturated rings. The van der Waals surface area contributed by atoms with Crippen molar-refractivity contribution >= 4 is 11.9 Å². The van der Waals surface area contributed by atoms with E-state index in [2.05, 4.69) is 6.58 Å². The summed E-state index contributed by atoms with van der Waals surface area (Å²) < 4.78 is 21.4. The van der Waals surface area contributed by atoms with Crippen molar-refractivity contribution in [1.82, 2.24) is 0 Å². The fourth-order valence-electron chi connectivity index (χ4n) is 3.26. The zero-order valence-corrected chi connectivity index (χ0v) is 17.7. The second-order valence-corrected chi connectivity index (χ2v) is 7.22. The molecule has 1 aliphatic rings. The fraction of sp³-hybridized carbons (Fsp3) is 0.304. The number of rotatable bonds is 8. The van der Waals surface area contributed by atoms with Crippen molar-refractivity contribution in [3.63, 3.8) is 0 Å². The second kappa shape index (κ2) is 10.5. The summed E-state index contributed by atoms with van der Waals surface area (Å²) in [5, 5.41) is 39.1. The quantitative estimate of drug-likeness (QED) is 0.254. The van der Waals surface area contributed by atoms with Gasteiger partial charge in [0.15, 0.2) is 17.6 Å². The topological polar surface area (TPSA) is 152 Å². The fourth-order valence-corrected chi connectivity index (χ4v) is 3.26. The van der Waals surface area contributed by atoms with Crippen LogP contribution in [0.25, 0.3) is 0 Å². The molecule has 10 heteroatoms. The molecule has 5 unspecified atom stereocenters. The number of benzene rings is 2. The number of carbonyl (C=O) groups is 2. The molecule has 0 spiro atoms. The Labute approximate surface area is 189 Å². The minimum Gasteiger partial charge on any atom is -0.493 e. The number of methoxy groups -OCH3 is 1. The zero-order valence-electron chi connectivity index (χ0n) is 17.7. The first-order chi connectivity index (χ1) is 15.8. The van der Waals surface area contributed by atoms with Gasteiger partial charge in [-0.05, 0) is 36.2 Å². The number of carboxylic acid groups (broad SMARTS) is 1. The molecule has 10 nitrogen and oxygen atoms in total. The summed E-state index contributed by atoms with van der Waals surface area (Å²) in [6.45, 7) is 3.68. The molecule has 33 heavy (non-hydrogen) atoms. The summed E-state index contributed by atoms with van der Waals surface area (Å²) in [4.78, 5) is 24.2. The van der Waals surface area contributed by atoms with Crippen molar-refractivity contribution in [3.8, 4) is 17.2 Å². The second-order valence-electron chi connectivity index (χ2n) is 7.22. The summed E-state index contributed by atoms with van der Waals surface area (Å²) in [6, 6.07) is 10.9. The summed E-state index contributed by atoms with van der Waals surface area (Å²) in [5.74, 6) is -1.98. The predicted molar refractivity (Wildman–Crippen MR) is 113 cm³/mol. The van der Waals surface area contributed by atoms with Crippen LogP contribution in [-0.4, -0.2) is 70.2 Å². The van der Waals surface area contributed by atoms with Crippen molar-refractivity contribution in [2.45, 2.75) is 37.1 Å². The number of aliphatic hydroxyl groups is 3. The minimum atomic E-state index is -1.87. The first-order valence-corrected chi connectivity index (χ1v) is 9.95. The number of carbonyl (C=O) groups excluding carboxylic acids is 1. The van der Waals surface area contributed by atoms with Gasteiger partial charge in [0.05, 0.1) is 7.11 Å². The Balaban J connectivity index is 1.82. The number of hydrogen-bond donors (Lipinski definition) is 4. The summed E-state index contributed by atoms with van der Waals surface area (Å²) in [5.41, 5.74) is 0.848. The molecule has 0 bridgehead atoms. The van der Waals surface area contributed by atoms with Crippen LogP contribution in [-0.2, 0) is 16.0 Å². The Morgan fingerprint density at radius 3 is 2.42 bits per heavy atom. The van der Waals surface area contributed by atoms with Crippen molar-refractivity contribution < 1.29 is 49.0 Å². The van der Waals surface area contributed by atoms with Gasteiger partial charge in [-0.1, -0.05) is 24.3 Å². The molecule has 0 radical (unpaired) electrons. The Kier molecular flexibility index (Phi) is 7.67. The third-order valence-electron chi connectivity index (χ3n) is 4.97. The molecule has 2 aromatic rings. The van der Waals surface area contributed by atoms with E-state index in [1.165, 1.54) is 25.3 Å². The van der Waals surface area contributed by atoms with Crippen LogP contribution in [0, 0.1) is 0 Å². The van der Waals surface area contributed by atoms with Gasteiger partial charge in [-0.3, -0.25) is 0 Å². The molecule has 2 aromatic carbocycles. The molecular weight excluding hydrogens is 436 g/mol. The highest BCUT2D eigenvalue weighted by Gasteiger charge is 2.48. The first kappa shape index (κ1) is 24.2. The van der Waals surface area contributed by atoms with E-state index in [9.17, 15) is 30.0 Å². The number of esters is 1. The van der Waals surface area contributed by atoms with Gasteiger partial charge in [-0.15, -0.1) is 6.58 Å². The van der Waals surface area contributed by atoms with E-state index in [0.717, 1.165) is 5.56 Å². The zero-order chi connectivity index (χ0) is 24.1. The highest BCUT2D eigenvalue weighted by Crippen LogP contribution is 2.31. The molecular formula is C23H24O10. The van der Waals surface area contributed by atoms with Crippen molar-refractivity contribution in [1.29, 1.82) is 0 Å². The van der Waals surface area contributed by atoms with E-state index in [-0.39, 0.29) is 17.1 Å². The van der Waals surface area contributed by atoms with E-state index >= 15 is 0 Å². The number of aliphatic carboxylic acids is 1. The lowest BCUT2D eigenvalue weighted by molar-refractivity contribution is -0.271. The lowest BCUT2D eigenvalue weighted by atomic mass is 9.99. The molecule has 1 saturated heterocycles. The maximum Gasteiger partial charge on any atom is 0.347 e. The summed E-state index contributed by atoms with van der Waals surface area (Å²) >= 11 is 0. The highest BCUT2D eigenvalue weighted by molar-refractivity contribution is 5.94. The number of aliphatic hydroxyl groups excluding tert-OH is 3. The predicted octanol–water partition coefficient (Wildman–Crippen LogP) is 0.914. The Hall–Kier alpha value is -3.44. The van der Waals surface area contributed by atoms with Gasteiger partial charge >= 0.3 is 11.9 Å². The van der Waals surface area contributed by atoms with E-state index in [4.69, 9.17) is 18.9 Å². The average Bonchev–Trinajstić information content (AvgIpc) is 2.80. The number of carboxylic acids is 1. The van der Waals surface area contributed by atoms with Crippen LogP contribution in [0.3, 0.4) is 0 Å². The Bertz CT molecular complexity index is 1020. The van der Waals surface area contributed by atoms with E-state index < -0.39 is 42.6 Å². The first-order valence-electron chi connectivity index (χ1n) is 9.95. The largest absolute Gasteiger partial charge is 0.493 e. The Morgan fingerprint density at radius 2 is 1.76 bits per heavy atom. The summed E-state index contributed by atoms with van der Waals surface area (Å²) in [6.07, 6.45) is -6.69. The molecule has 0 aromatic heterocycles. The van der Waals surface area contributed by atoms with Gasteiger partial charge in [-0.2, -0.15) is 0 Å². The van der Waals surface area contributed by atoms with E-state index in [1.807, 2.05) is 0 Å². The SMILES string of the molecule is C=CCc1ccc(OC(=O)c2ccccc2OC2OC(C(=O)O)C(O)C(O)C2O)c(OC)c1. The Morgan fingerprint density at radius 1 is 1.03 bits per heavy atom. The van der Waals surface area contributed by atoms with Crippen molar-refractivity contribution in [3.05, 3.63) is 66.2 Å². The lowest BCUT2D eigenvalue weighted by Crippen LogP contribution is -2.61. The molecule has 0 amide bonds. The van der Waals surface area contributed by atoms with E-state index in [0.29, 0.717) is 12.2 Å². The third-order valence-corrected chi connectivity index (χ3v) is 4.97. The molecule has 5 atom stereocenters. The molecule has 4 N–H and O–H groups in total. The van der Waals surface area contributed by atoms with Crippen LogP contribution in [0.1, 0.15) is 15.9 Å². The number of allylic oxidation sites excluding steroid dienone is 1. The van der Waals surface area contributed by atoms with E-state index in [1.54, 1.807) is 30.3 Å². The van der Waals surface area contributed by atoms with Gasteiger partial charge in [0.2, 0.25) is 6.29 Å². The molecule has 1 aliphatic heterocycles. The smallest absolute Gasteiger partial charge is 0.347 e. The van der Waals surface area contributed by atoms with Crippen molar-refractivity contribution in [2.75, 3.05) is 7.11 Å². The van der Waals surface area contributed by atoms with Crippen LogP contribution < -0.4 is 14.2 Å². The van der Waals surface area contributed by atoms with Gasteiger partial charge < -0.3 is 39.4 Å². The normalized spacial score (nSPS) is 24.5. The van der Waals surface area contributed by atoms with Crippen LogP contribution >= 0.6 is 0 Å².